The van der Waals surface area contributed by atoms with E-state index in [9.17, 15) is 14.0 Å². The zero-order chi connectivity index (χ0) is 18.9. The Labute approximate surface area is 148 Å². The second-order valence-electron chi connectivity index (χ2n) is 6.96. The summed E-state index contributed by atoms with van der Waals surface area (Å²) in [6.45, 7) is 6.03. The molecule has 3 N–H and O–H groups in total. The van der Waals surface area contributed by atoms with E-state index < -0.39 is 16.9 Å². The summed E-state index contributed by atoms with van der Waals surface area (Å²) in [5.41, 5.74) is 0.424. The topological polar surface area (TPSA) is 94.4 Å². The van der Waals surface area contributed by atoms with Crippen molar-refractivity contribution in [3.63, 3.8) is 0 Å². The zero-order valence-corrected chi connectivity index (χ0v) is 14.7. The summed E-state index contributed by atoms with van der Waals surface area (Å²) in [4.78, 5) is 36.9. The summed E-state index contributed by atoms with van der Waals surface area (Å²) in [6, 6.07) is 6.00. The van der Waals surface area contributed by atoms with Gasteiger partial charge in [0, 0.05) is 16.7 Å². The maximum Gasteiger partial charge on any atom is 0.272 e. The van der Waals surface area contributed by atoms with Crippen LogP contribution in [-0.4, -0.2) is 19.9 Å². The number of hydrogen-bond donors (Lipinski definition) is 3. The van der Waals surface area contributed by atoms with Crippen LogP contribution in [0.15, 0.2) is 40.2 Å². The van der Waals surface area contributed by atoms with Gasteiger partial charge in [-0.2, -0.15) is 0 Å². The highest BCUT2D eigenvalue weighted by molar-refractivity contribution is 5.49. The first-order chi connectivity index (χ1) is 12.3. The van der Waals surface area contributed by atoms with Crippen LogP contribution in [0.4, 0.5) is 4.39 Å². The van der Waals surface area contributed by atoms with Crippen molar-refractivity contribution >= 4 is 12.2 Å². The van der Waals surface area contributed by atoms with Crippen molar-refractivity contribution in [2.75, 3.05) is 0 Å². The van der Waals surface area contributed by atoms with Crippen molar-refractivity contribution in [1.82, 2.24) is 19.9 Å². The lowest BCUT2D eigenvalue weighted by Crippen LogP contribution is -2.46. The fraction of sp³-hybridized carbons (Fsp3) is 0.211. The third-order valence-electron chi connectivity index (χ3n) is 3.89. The van der Waals surface area contributed by atoms with E-state index in [-0.39, 0.29) is 21.7 Å². The SMILES string of the molecule is CC(C)(C)c1[nH]cnc1/C=c1/[nH]c(=O)/c(=C\c2ccccc2F)[nH]c1=O. The molecule has 0 saturated carbocycles. The summed E-state index contributed by atoms with van der Waals surface area (Å²) in [5, 5.41) is 0.0635. The van der Waals surface area contributed by atoms with Crippen LogP contribution in [0.1, 0.15) is 37.7 Å². The number of halogens is 1. The standard InChI is InChI=1S/C19H19FN4O2/c1-19(2,3)16-13(21-10-22-16)9-15-18(26)23-14(17(25)24-15)8-11-6-4-5-7-12(11)20/h4-10H,1-3H3,(H,21,22)(H,23,26)(H,24,25)/b14-8+,15-9+. The molecule has 0 unspecified atom stereocenters. The number of H-pyrrole nitrogens is 3. The highest BCUT2D eigenvalue weighted by Gasteiger charge is 2.19. The predicted molar refractivity (Wildman–Crippen MR) is 97.8 cm³/mol. The third kappa shape index (κ3) is 3.56. The third-order valence-corrected chi connectivity index (χ3v) is 3.89. The number of nitrogens with zero attached hydrogens (tertiary/aromatic N) is 1. The molecule has 134 valence electrons. The molecule has 2 heterocycles. The number of hydrogen-bond acceptors (Lipinski definition) is 3. The van der Waals surface area contributed by atoms with Gasteiger partial charge in [-0.1, -0.05) is 39.0 Å². The number of nitrogens with one attached hydrogen (secondary N) is 3. The molecule has 26 heavy (non-hydrogen) atoms. The second kappa shape index (κ2) is 6.59. The van der Waals surface area contributed by atoms with Crippen LogP contribution in [-0.2, 0) is 5.41 Å². The van der Waals surface area contributed by atoms with E-state index in [4.69, 9.17) is 0 Å². The highest BCUT2D eigenvalue weighted by Crippen LogP contribution is 2.22. The minimum Gasteiger partial charge on any atom is -0.348 e. The number of rotatable bonds is 2. The van der Waals surface area contributed by atoms with Gasteiger partial charge in [-0.25, -0.2) is 9.37 Å². The van der Waals surface area contributed by atoms with Crippen LogP contribution in [0.5, 0.6) is 0 Å². The van der Waals surface area contributed by atoms with Gasteiger partial charge in [-0.3, -0.25) is 9.59 Å². The van der Waals surface area contributed by atoms with Crippen LogP contribution in [0.3, 0.4) is 0 Å². The minimum absolute atomic E-state index is 0.0182. The molecule has 3 rings (SSSR count). The average molecular weight is 354 g/mol. The molecule has 1 aromatic carbocycles. The van der Waals surface area contributed by atoms with E-state index in [1.54, 1.807) is 18.5 Å². The van der Waals surface area contributed by atoms with Crippen LogP contribution < -0.4 is 21.8 Å². The quantitative estimate of drug-likeness (QED) is 0.638. The molecule has 0 radical (unpaired) electrons. The normalized spacial score (nSPS) is 13.4. The van der Waals surface area contributed by atoms with Crippen molar-refractivity contribution in [3.05, 3.63) is 84.8 Å². The molecular weight excluding hydrogens is 335 g/mol. The molecular formula is C19H19FN4O2. The largest absolute Gasteiger partial charge is 0.348 e. The molecule has 0 atom stereocenters. The summed E-state index contributed by atoms with van der Waals surface area (Å²) in [7, 11) is 0. The first-order valence-electron chi connectivity index (χ1n) is 8.10. The first kappa shape index (κ1) is 17.6. The lowest BCUT2D eigenvalue weighted by molar-refractivity contribution is 0.571. The van der Waals surface area contributed by atoms with E-state index in [0.717, 1.165) is 5.69 Å². The van der Waals surface area contributed by atoms with E-state index in [0.29, 0.717) is 5.69 Å². The lowest BCUT2D eigenvalue weighted by atomic mass is 9.90. The Bertz CT molecular complexity index is 1180. The Morgan fingerprint density at radius 3 is 2.23 bits per heavy atom. The molecule has 6 nitrogen and oxygen atoms in total. The Kier molecular flexibility index (Phi) is 4.46. The van der Waals surface area contributed by atoms with Crippen molar-refractivity contribution in [3.8, 4) is 0 Å². The van der Waals surface area contributed by atoms with Crippen LogP contribution in [0.2, 0.25) is 0 Å². The molecule has 3 aromatic rings. The number of aromatic nitrogens is 4. The fourth-order valence-electron chi connectivity index (χ4n) is 2.60. The Morgan fingerprint density at radius 1 is 1.00 bits per heavy atom. The molecule has 0 aliphatic carbocycles. The highest BCUT2D eigenvalue weighted by atomic mass is 19.1. The fourth-order valence-corrected chi connectivity index (χ4v) is 2.60. The van der Waals surface area contributed by atoms with Crippen molar-refractivity contribution in [2.24, 2.45) is 0 Å². The molecule has 0 aliphatic heterocycles. The van der Waals surface area contributed by atoms with Crippen LogP contribution in [0.25, 0.3) is 12.2 Å². The van der Waals surface area contributed by atoms with Crippen LogP contribution >= 0.6 is 0 Å². The monoisotopic (exact) mass is 354 g/mol. The van der Waals surface area contributed by atoms with E-state index in [2.05, 4.69) is 19.9 Å². The molecule has 0 amide bonds. The summed E-state index contributed by atoms with van der Waals surface area (Å²) in [5.74, 6) is -0.477. The average Bonchev–Trinajstić information content (AvgIpc) is 3.03. The number of benzene rings is 1. The Morgan fingerprint density at radius 2 is 1.62 bits per heavy atom. The van der Waals surface area contributed by atoms with Gasteiger partial charge in [0.15, 0.2) is 0 Å². The Hall–Kier alpha value is -3.22. The van der Waals surface area contributed by atoms with Gasteiger partial charge in [0.2, 0.25) is 0 Å². The molecule has 0 fully saturated rings. The van der Waals surface area contributed by atoms with Gasteiger partial charge in [0.25, 0.3) is 11.1 Å². The van der Waals surface area contributed by atoms with Gasteiger partial charge in [0.1, 0.15) is 16.5 Å². The maximum atomic E-state index is 13.7. The zero-order valence-electron chi connectivity index (χ0n) is 14.7. The van der Waals surface area contributed by atoms with Crippen molar-refractivity contribution < 1.29 is 4.39 Å². The molecule has 0 aliphatic rings. The second-order valence-corrected chi connectivity index (χ2v) is 6.96. The Balaban J connectivity index is 2.16. The molecule has 2 aromatic heterocycles. The van der Waals surface area contributed by atoms with Gasteiger partial charge in [-0.15, -0.1) is 0 Å². The first-order valence-corrected chi connectivity index (χ1v) is 8.10. The van der Waals surface area contributed by atoms with Gasteiger partial charge >= 0.3 is 0 Å². The van der Waals surface area contributed by atoms with Gasteiger partial charge < -0.3 is 15.0 Å². The van der Waals surface area contributed by atoms with Crippen LogP contribution in [0, 0.1) is 5.82 Å². The molecule has 0 saturated heterocycles. The predicted octanol–water partition coefficient (Wildman–Crippen LogP) is 0.880. The maximum absolute atomic E-state index is 13.7. The summed E-state index contributed by atoms with van der Waals surface area (Å²) >= 11 is 0. The van der Waals surface area contributed by atoms with E-state index >= 15 is 0 Å². The number of aromatic amines is 3. The van der Waals surface area contributed by atoms with E-state index in [1.165, 1.54) is 24.3 Å². The number of imidazole rings is 1. The van der Waals surface area contributed by atoms with Gasteiger partial charge in [-0.05, 0) is 18.2 Å². The molecule has 0 spiro atoms. The van der Waals surface area contributed by atoms with Crippen molar-refractivity contribution in [2.45, 2.75) is 26.2 Å². The van der Waals surface area contributed by atoms with Crippen molar-refractivity contribution in [1.29, 1.82) is 0 Å². The minimum atomic E-state index is -0.521. The van der Waals surface area contributed by atoms with Gasteiger partial charge in [0.05, 0.1) is 12.0 Å². The molecule has 7 heteroatoms. The summed E-state index contributed by atoms with van der Waals surface area (Å²) < 4.78 is 13.7. The van der Waals surface area contributed by atoms with E-state index in [1.807, 2.05) is 20.8 Å². The smallest absolute Gasteiger partial charge is 0.272 e. The lowest BCUT2D eigenvalue weighted by Gasteiger charge is -2.16. The summed E-state index contributed by atoms with van der Waals surface area (Å²) in [6.07, 6.45) is 4.36. The molecule has 0 bridgehead atoms.